The van der Waals surface area contributed by atoms with Crippen molar-refractivity contribution in [3.05, 3.63) is 35.4 Å². The number of benzene rings is 1. The van der Waals surface area contributed by atoms with Gasteiger partial charge in [-0.05, 0) is 23.0 Å². The third-order valence-electron chi connectivity index (χ3n) is 3.11. The number of aliphatic hydroxyl groups is 1. The molecule has 13 heavy (non-hydrogen) atoms. The second-order valence-electron chi connectivity index (χ2n) is 4.55. The van der Waals surface area contributed by atoms with Gasteiger partial charge in [-0.15, -0.1) is 0 Å². The molecule has 1 aromatic carbocycles. The highest BCUT2D eigenvalue weighted by molar-refractivity contribution is 5.41. The molecule has 0 bridgehead atoms. The molecule has 0 spiro atoms. The molecule has 1 heteroatoms. The van der Waals surface area contributed by atoms with Crippen LogP contribution in [0.4, 0.5) is 0 Å². The van der Waals surface area contributed by atoms with Crippen LogP contribution in [0.2, 0.25) is 0 Å². The second kappa shape index (κ2) is 2.85. The standard InChI is InChI=1S/C12H16O/c1-12(2)7-9(8-13)10-5-3-4-6-11(10)12/h3-6,9,13H,7-8H2,1-2H3. The van der Waals surface area contributed by atoms with Crippen molar-refractivity contribution in [2.75, 3.05) is 6.61 Å². The van der Waals surface area contributed by atoms with Crippen molar-refractivity contribution in [1.82, 2.24) is 0 Å². The molecule has 0 saturated heterocycles. The Labute approximate surface area is 79.4 Å². The van der Waals surface area contributed by atoms with Gasteiger partial charge < -0.3 is 5.11 Å². The fourth-order valence-electron chi connectivity index (χ4n) is 2.47. The van der Waals surface area contributed by atoms with E-state index in [-0.39, 0.29) is 12.0 Å². The summed E-state index contributed by atoms with van der Waals surface area (Å²) in [6.07, 6.45) is 1.07. The number of aliphatic hydroxyl groups excluding tert-OH is 1. The number of hydrogen-bond donors (Lipinski definition) is 1. The first-order valence-electron chi connectivity index (χ1n) is 4.85. The van der Waals surface area contributed by atoms with Crippen LogP contribution in [0.5, 0.6) is 0 Å². The largest absolute Gasteiger partial charge is 0.396 e. The molecule has 0 heterocycles. The highest BCUT2D eigenvalue weighted by Crippen LogP contribution is 2.45. The first-order valence-corrected chi connectivity index (χ1v) is 4.85. The van der Waals surface area contributed by atoms with E-state index in [1.807, 2.05) is 0 Å². The van der Waals surface area contributed by atoms with Crippen molar-refractivity contribution < 1.29 is 5.11 Å². The van der Waals surface area contributed by atoms with E-state index in [1.165, 1.54) is 11.1 Å². The van der Waals surface area contributed by atoms with E-state index in [2.05, 4.69) is 38.1 Å². The zero-order chi connectivity index (χ0) is 9.47. The molecular weight excluding hydrogens is 160 g/mol. The number of fused-ring (bicyclic) bond motifs is 1. The molecule has 1 aliphatic carbocycles. The van der Waals surface area contributed by atoms with Crippen molar-refractivity contribution in [3.8, 4) is 0 Å². The summed E-state index contributed by atoms with van der Waals surface area (Å²) in [5, 5.41) is 9.25. The maximum Gasteiger partial charge on any atom is 0.0500 e. The summed E-state index contributed by atoms with van der Waals surface area (Å²) in [5.41, 5.74) is 2.99. The molecule has 1 aliphatic rings. The fraction of sp³-hybridized carbons (Fsp3) is 0.500. The summed E-state index contributed by atoms with van der Waals surface area (Å²) in [6.45, 7) is 4.78. The molecular formula is C12H16O. The van der Waals surface area contributed by atoms with Crippen LogP contribution >= 0.6 is 0 Å². The van der Waals surface area contributed by atoms with E-state index in [1.54, 1.807) is 0 Å². The quantitative estimate of drug-likeness (QED) is 0.696. The van der Waals surface area contributed by atoms with Crippen molar-refractivity contribution in [2.24, 2.45) is 0 Å². The van der Waals surface area contributed by atoms with Crippen LogP contribution in [0, 0.1) is 0 Å². The summed E-state index contributed by atoms with van der Waals surface area (Å²) in [5.74, 6) is 0.353. The minimum absolute atomic E-state index is 0.240. The minimum atomic E-state index is 0.240. The van der Waals surface area contributed by atoms with Crippen LogP contribution in [0.15, 0.2) is 24.3 Å². The van der Waals surface area contributed by atoms with Crippen LogP contribution in [0.25, 0.3) is 0 Å². The average Bonchev–Trinajstić information content (AvgIpc) is 2.39. The van der Waals surface area contributed by atoms with Gasteiger partial charge >= 0.3 is 0 Å². The lowest BCUT2D eigenvalue weighted by Gasteiger charge is -2.18. The van der Waals surface area contributed by atoms with Crippen LogP contribution in [0.1, 0.15) is 37.3 Å². The normalized spacial score (nSPS) is 24.4. The van der Waals surface area contributed by atoms with Crippen molar-refractivity contribution in [1.29, 1.82) is 0 Å². The Morgan fingerprint density at radius 1 is 1.38 bits per heavy atom. The van der Waals surface area contributed by atoms with Crippen LogP contribution < -0.4 is 0 Å². The van der Waals surface area contributed by atoms with Gasteiger partial charge in [-0.3, -0.25) is 0 Å². The molecule has 1 aromatic rings. The number of hydrogen-bond acceptors (Lipinski definition) is 1. The number of rotatable bonds is 1. The summed E-state index contributed by atoms with van der Waals surface area (Å²) in [7, 11) is 0. The molecule has 1 N–H and O–H groups in total. The van der Waals surface area contributed by atoms with Crippen molar-refractivity contribution >= 4 is 0 Å². The molecule has 0 radical (unpaired) electrons. The van der Waals surface area contributed by atoms with E-state index < -0.39 is 0 Å². The molecule has 0 aromatic heterocycles. The van der Waals surface area contributed by atoms with E-state index in [0.717, 1.165) is 6.42 Å². The van der Waals surface area contributed by atoms with E-state index in [9.17, 15) is 5.11 Å². The predicted molar refractivity (Wildman–Crippen MR) is 53.9 cm³/mol. The monoisotopic (exact) mass is 176 g/mol. The minimum Gasteiger partial charge on any atom is -0.396 e. The Morgan fingerprint density at radius 2 is 2.08 bits per heavy atom. The summed E-state index contributed by atoms with van der Waals surface area (Å²) in [6, 6.07) is 8.47. The van der Waals surface area contributed by atoms with Crippen LogP contribution in [-0.4, -0.2) is 11.7 Å². The Bertz CT molecular complexity index is 315. The molecule has 70 valence electrons. The molecule has 2 rings (SSSR count). The van der Waals surface area contributed by atoms with Gasteiger partial charge in [0, 0.05) is 12.5 Å². The third kappa shape index (κ3) is 1.28. The molecule has 0 amide bonds. The first kappa shape index (κ1) is 8.76. The van der Waals surface area contributed by atoms with Crippen molar-refractivity contribution in [2.45, 2.75) is 31.6 Å². The van der Waals surface area contributed by atoms with Crippen LogP contribution in [0.3, 0.4) is 0 Å². The van der Waals surface area contributed by atoms with E-state index >= 15 is 0 Å². The predicted octanol–water partition coefficient (Wildman–Crippen LogP) is 2.44. The summed E-state index contributed by atoms with van der Waals surface area (Å²) in [4.78, 5) is 0. The molecule has 0 saturated carbocycles. The second-order valence-corrected chi connectivity index (χ2v) is 4.55. The molecule has 0 aliphatic heterocycles. The average molecular weight is 176 g/mol. The Hall–Kier alpha value is -0.820. The zero-order valence-corrected chi connectivity index (χ0v) is 8.25. The van der Waals surface area contributed by atoms with E-state index in [4.69, 9.17) is 0 Å². The topological polar surface area (TPSA) is 20.2 Å². The molecule has 1 atom stereocenters. The summed E-state index contributed by atoms with van der Waals surface area (Å²) < 4.78 is 0. The lowest BCUT2D eigenvalue weighted by Crippen LogP contribution is -2.12. The van der Waals surface area contributed by atoms with Gasteiger partial charge in [0.15, 0.2) is 0 Å². The Kier molecular flexibility index (Phi) is 1.92. The Morgan fingerprint density at radius 3 is 2.77 bits per heavy atom. The maximum absolute atomic E-state index is 9.25. The van der Waals surface area contributed by atoms with Gasteiger partial charge in [-0.2, -0.15) is 0 Å². The zero-order valence-electron chi connectivity index (χ0n) is 8.25. The summed E-state index contributed by atoms with van der Waals surface area (Å²) >= 11 is 0. The van der Waals surface area contributed by atoms with Gasteiger partial charge in [0.1, 0.15) is 0 Å². The van der Waals surface area contributed by atoms with E-state index in [0.29, 0.717) is 5.92 Å². The van der Waals surface area contributed by atoms with Gasteiger partial charge in [0.25, 0.3) is 0 Å². The molecule has 0 fully saturated rings. The van der Waals surface area contributed by atoms with Crippen molar-refractivity contribution in [3.63, 3.8) is 0 Å². The van der Waals surface area contributed by atoms with Crippen LogP contribution in [-0.2, 0) is 5.41 Å². The smallest absolute Gasteiger partial charge is 0.0500 e. The highest BCUT2D eigenvalue weighted by atomic mass is 16.3. The van der Waals surface area contributed by atoms with Gasteiger partial charge in [0.05, 0.1) is 0 Å². The highest BCUT2D eigenvalue weighted by Gasteiger charge is 2.35. The Balaban J connectivity index is 2.51. The molecule has 1 nitrogen and oxygen atoms in total. The van der Waals surface area contributed by atoms with Gasteiger partial charge in [0.2, 0.25) is 0 Å². The van der Waals surface area contributed by atoms with Gasteiger partial charge in [-0.1, -0.05) is 38.1 Å². The third-order valence-corrected chi connectivity index (χ3v) is 3.11. The molecule has 1 unspecified atom stereocenters. The van der Waals surface area contributed by atoms with Gasteiger partial charge in [-0.25, -0.2) is 0 Å². The lowest BCUT2D eigenvalue weighted by atomic mass is 9.86. The SMILES string of the molecule is CC1(C)CC(CO)c2ccccc21. The maximum atomic E-state index is 9.25. The fourth-order valence-corrected chi connectivity index (χ4v) is 2.47. The first-order chi connectivity index (χ1) is 6.15. The lowest BCUT2D eigenvalue weighted by molar-refractivity contribution is 0.253.